The van der Waals surface area contributed by atoms with E-state index in [1.165, 1.54) is 76.2 Å². The number of rotatable bonds is 1. The van der Waals surface area contributed by atoms with E-state index in [4.69, 9.17) is 0 Å². The van der Waals surface area contributed by atoms with Crippen LogP contribution in [0, 0.1) is 23.7 Å². The third-order valence-corrected chi connectivity index (χ3v) is 10.4. The van der Waals surface area contributed by atoms with Crippen LogP contribution < -0.4 is 0 Å². The Morgan fingerprint density at radius 3 is 2.06 bits per heavy atom. The van der Waals surface area contributed by atoms with E-state index in [0.29, 0.717) is 0 Å². The monoisotopic (exact) mass is 451 g/mol. The second kappa shape index (κ2) is 6.46. The van der Waals surface area contributed by atoms with Gasteiger partial charge in [0.25, 0.3) is 0 Å². The van der Waals surface area contributed by atoms with Crippen molar-refractivity contribution in [3.63, 3.8) is 0 Å². The normalized spacial score (nSPS) is 29.8. The smallest absolute Gasteiger partial charge is 0.0465 e. The Bertz CT molecular complexity index is 1640. The lowest BCUT2D eigenvalue weighted by molar-refractivity contribution is -0.0399. The zero-order chi connectivity index (χ0) is 22.7. The van der Waals surface area contributed by atoms with Crippen molar-refractivity contribution in [2.75, 3.05) is 0 Å². The topological polar surface area (TPSA) is 15.8 Å². The number of hydrogen-bond acceptors (Lipinski definition) is 0. The maximum Gasteiger partial charge on any atom is 0.0465 e. The summed E-state index contributed by atoms with van der Waals surface area (Å²) in [6, 6.07) is 32.5. The highest BCUT2D eigenvalue weighted by molar-refractivity contribution is 6.08. The SMILES string of the molecule is c1ccc2c(c1)-c1cc(-c3ccc4[nH]c5ccccc5c4c3)ccc1C21C2CC3CC(C2)CC1C3. The Morgan fingerprint density at radius 1 is 0.543 bits per heavy atom. The first-order valence-corrected chi connectivity index (χ1v) is 13.5. The molecule has 1 spiro atoms. The maximum atomic E-state index is 3.58. The molecule has 4 saturated carbocycles. The molecule has 0 radical (unpaired) electrons. The molecule has 4 fully saturated rings. The van der Waals surface area contributed by atoms with Crippen molar-refractivity contribution < 1.29 is 0 Å². The number of nitrogens with one attached hydrogen (secondary N) is 1. The van der Waals surface area contributed by atoms with Crippen molar-refractivity contribution in [3.05, 3.63) is 96.1 Å². The fourth-order valence-electron chi connectivity index (χ4n) is 9.37. The molecule has 4 aromatic carbocycles. The molecule has 35 heavy (non-hydrogen) atoms. The highest BCUT2D eigenvalue weighted by atomic mass is 14.7. The van der Waals surface area contributed by atoms with E-state index in [2.05, 4.69) is 89.9 Å². The Morgan fingerprint density at radius 2 is 1.20 bits per heavy atom. The quantitative estimate of drug-likeness (QED) is 0.262. The molecule has 170 valence electrons. The van der Waals surface area contributed by atoms with Crippen LogP contribution in [0.2, 0.25) is 0 Å². The first kappa shape index (κ1) is 18.9. The van der Waals surface area contributed by atoms with Crippen LogP contribution in [-0.4, -0.2) is 4.98 Å². The number of aromatic amines is 1. The average molecular weight is 452 g/mol. The summed E-state index contributed by atoms with van der Waals surface area (Å²) >= 11 is 0. The van der Waals surface area contributed by atoms with E-state index in [1.807, 2.05) is 0 Å². The van der Waals surface area contributed by atoms with Crippen molar-refractivity contribution in [1.29, 1.82) is 0 Å². The van der Waals surface area contributed by atoms with E-state index in [9.17, 15) is 0 Å². The van der Waals surface area contributed by atoms with Crippen LogP contribution >= 0.6 is 0 Å². The van der Waals surface area contributed by atoms with Gasteiger partial charge in [-0.15, -0.1) is 0 Å². The Labute approximate surface area is 206 Å². The molecule has 5 aromatic rings. The zero-order valence-electron chi connectivity index (χ0n) is 19.9. The third kappa shape index (κ3) is 2.30. The second-order valence-corrected chi connectivity index (χ2v) is 11.9. The predicted octanol–water partition coefficient (Wildman–Crippen LogP) is 8.71. The molecule has 1 heteroatoms. The summed E-state index contributed by atoms with van der Waals surface area (Å²) in [7, 11) is 0. The fraction of sp³-hybridized carbons (Fsp3) is 0.294. The lowest BCUT2D eigenvalue weighted by atomic mass is 9.43. The van der Waals surface area contributed by atoms with Crippen molar-refractivity contribution >= 4 is 21.8 Å². The Hall–Kier alpha value is -3.32. The molecule has 1 aromatic heterocycles. The first-order chi connectivity index (χ1) is 17.3. The molecule has 5 aliphatic carbocycles. The molecule has 1 heterocycles. The van der Waals surface area contributed by atoms with Gasteiger partial charge in [0.05, 0.1) is 0 Å². The van der Waals surface area contributed by atoms with Crippen LogP contribution in [0.25, 0.3) is 44.1 Å². The molecule has 0 aliphatic heterocycles. The van der Waals surface area contributed by atoms with E-state index in [-0.39, 0.29) is 5.41 Å². The van der Waals surface area contributed by atoms with Crippen molar-refractivity contribution in [3.8, 4) is 22.3 Å². The van der Waals surface area contributed by atoms with Gasteiger partial charge in [0.15, 0.2) is 0 Å². The number of hydrogen-bond donors (Lipinski definition) is 1. The van der Waals surface area contributed by atoms with E-state index in [0.717, 1.165) is 23.7 Å². The highest BCUT2D eigenvalue weighted by Crippen LogP contribution is 2.69. The second-order valence-electron chi connectivity index (χ2n) is 11.9. The van der Waals surface area contributed by atoms with Crippen LogP contribution in [0.1, 0.15) is 43.2 Å². The summed E-state index contributed by atoms with van der Waals surface area (Å²) < 4.78 is 0. The van der Waals surface area contributed by atoms with E-state index in [1.54, 1.807) is 11.1 Å². The van der Waals surface area contributed by atoms with Gasteiger partial charge in [-0.2, -0.15) is 0 Å². The van der Waals surface area contributed by atoms with Crippen LogP contribution in [0.5, 0.6) is 0 Å². The minimum absolute atomic E-state index is 0.263. The molecular weight excluding hydrogens is 422 g/mol. The van der Waals surface area contributed by atoms with Gasteiger partial charge in [-0.25, -0.2) is 0 Å². The summed E-state index contributed by atoms with van der Waals surface area (Å²) in [5, 5.41) is 2.62. The molecule has 4 bridgehead atoms. The summed E-state index contributed by atoms with van der Waals surface area (Å²) in [6.07, 6.45) is 7.28. The molecule has 1 nitrogen and oxygen atoms in total. The molecule has 0 amide bonds. The van der Waals surface area contributed by atoms with Crippen molar-refractivity contribution in [1.82, 2.24) is 4.98 Å². The van der Waals surface area contributed by atoms with Crippen molar-refractivity contribution in [2.45, 2.75) is 37.5 Å². The predicted molar refractivity (Wildman–Crippen MR) is 145 cm³/mol. The van der Waals surface area contributed by atoms with E-state index < -0.39 is 0 Å². The molecule has 0 atom stereocenters. The van der Waals surface area contributed by atoms with Crippen molar-refractivity contribution in [2.24, 2.45) is 23.7 Å². The van der Waals surface area contributed by atoms with Gasteiger partial charge in [0.1, 0.15) is 0 Å². The van der Waals surface area contributed by atoms with Gasteiger partial charge in [-0.3, -0.25) is 0 Å². The summed E-state index contributed by atoms with van der Waals surface area (Å²) in [5.74, 6) is 3.63. The third-order valence-electron chi connectivity index (χ3n) is 10.4. The Kier molecular flexibility index (Phi) is 3.50. The van der Waals surface area contributed by atoms with Crippen LogP contribution in [0.3, 0.4) is 0 Å². The van der Waals surface area contributed by atoms with Gasteiger partial charge in [0.2, 0.25) is 0 Å². The minimum atomic E-state index is 0.263. The molecular formula is C34H29N. The number of fused-ring (bicyclic) bond motifs is 6. The fourth-order valence-corrected chi connectivity index (χ4v) is 9.37. The molecule has 5 aliphatic rings. The summed E-state index contributed by atoms with van der Waals surface area (Å²) in [5.41, 5.74) is 11.6. The first-order valence-electron chi connectivity index (χ1n) is 13.5. The summed E-state index contributed by atoms with van der Waals surface area (Å²) in [6.45, 7) is 0. The summed E-state index contributed by atoms with van der Waals surface area (Å²) in [4.78, 5) is 3.58. The number of H-pyrrole nitrogens is 1. The molecule has 10 rings (SSSR count). The minimum Gasteiger partial charge on any atom is -0.355 e. The van der Waals surface area contributed by atoms with Gasteiger partial charge < -0.3 is 4.98 Å². The standard InChI is InChI=1S/C34H29N/c1-3-7-30-26(5-1)28-18-22(23-10-12-33-29(19-23)27-6-2-4-8-32(27)35-33)9-11-31(28)34(30)24-14-20-13-21(16-24)17-25(34)15-20/h1-12,18-21,24-25,35H,13-17H2. The van der Waals surface area contributed by atoms with Gasteiger partial charge in [-0.1, -0.05) is 60.7 Å². The lowest BCUT2D eigenvalue weighted by Gasteiger charge is -2.61. The van der Waals surface area contributed by atoms with E-state index >= 15 is 0 Å². The van der Waals surface area contributed by atoms with Crippen LogP contribution in [0.15, 0.2) is 84.9 Å². The average Bonchev–Trinajstić information content (AvgIpc) is 3.40. The van der Waals surface area contributed by atoms with Gasteiger partial charge in [0, 0.05) is 27.2 Å². The molecule has 1 N–H and O–H groups in total. The Balaban J connectivity index is 1.25. The maximum absolute atomic E-state index is 3.58. The number of para-hydroxylation sites is 1. The van der Waals surface area contributed by atoms with Crippen LogP contribution in [-0.2, 0) is 5.41 Å². The highest BCUT2D eigenvalue weighted by Gasteiger charge is 2.61. The van der Waals surface area contributed by atoms with Gasteiger partial charge in [-0.05, 0) is 113 Å². The zero-order valence-corrected chi connectivity index (χ0v) is 19.9. The number of aromatic nitrogens is 1. The molecule has 0 unspecified atom stereocenters. The lowest BCUT2D eigenvalue weighted by Crippen LogP contribution is -2.55. The number of benzene rings is 4. The van der Waals surface area contributed by atoms with Gasteiger partial charge >= 0.3 is 0 Å². The largest absolute Gasteiger partial charge is 0.355 e. The molecule has 0 saturated heterocycles. The van der Waals surface area contributed by atoms with Crippen LogP contribution in [0.4, 0.5) is 0 Å².